The van der Waals surface area contributed by atoms with Gasteiger partial charge in [-0.2, -0.15) is 0 Å². The number of halogens is 2. The van der Waals surface area contributed by atoms with Crippen LogP contribution >= 0.6 is 0 Å². The van der Waals surface area contributed by atoms with Gasteiger partial charge in [-0.1, -0.05) is 24.3 Å². The smallest absolute Gasteiger partial charge is 0.165 e. The molecule has 0 unspecified atom stereocenters. The van der Waals surface area contributed by atoms with E-state index in [1.165, 1.54) is 0 Å². The van der Waals surface area contributed by atoms with Gasteiger partial charge in [-0.25, -0.2) is 8.78 Å². The van der Waals surface area contributed by atoms with Crippen molar-refractivity contribution in [2.24, 2.45) is 5.73 Å². The molecule has 0 aliphatic rings. The highest BCUT2D eigenvalue weighted by Crippen LogP contribution is 2.20. The average Bonchev–Trinajstić information content (AvgIpc) is 2.40. The summed E-state index contributed by atoms with van der Waals surface area (Å²) < 4.78 is 31.6. The quantitative estimate of drug-likeness (QED) is 0.904. The second-order valence-corrected chi connectivity index (χ2v) is 3.84. The molecule has 0 aliphatic carbocycles. The van der Waals surface area contributed by atoms with E-state index in [0.29, 0.717) is 6.54 Å². The zero-order valence-corrected chi connectivity index (χ0v) is 9.70. The molecule has 0 saturated heterocycles. The van der Waals surface area contributed by atoms with Crippen LogP contribution in [0.4, 0.5) is 8.78 Å². The third kappa shape index (κ3) is 2.84. The lowest BCUT2D eigenvalue weighted by atomic mass is 10.1. The van der Waals surface area contributed by atoms with Gasteiger partial charge in [-0.15, -0.1) is 0 Å². The molecule has 2 N–H and O–H groups in total. The van der Waals surface area contributed by atoms with Gasteiger partial charge in [0, 0.05) is 12.6 Å². The van der Waals surface area contributed by atoms with Crippen LogP contribution < -0.4 is 10.5 Å². The molecule has 18 heavy (non-hydrogen) atoms. The lowest BCUT2D eigenvalue weighted by Gasteiger charge is -2.10. The van der Waals surface area contributed by atoms with E-state index in [-0.39, 0.29) is 12.4 Å². The molecule has 0 aromatic heterocycles. The van der Waals surface area contributed by atoms with Crippen LogP contribution in [-0.2, 0) is 13.2 Å². The fourth-order valence-electron chi connectivity index (χ4n) is 1.64. The van der Waals surface area contributed by atoms with Crippen LogP contribution in [0.5, 0.6) is 5.75 Å². The van der Waals surface area contributed by atoms with E-state index >= 15 is 0 Å². The van der Waals surface area contributed by atoms with Crippen LogP contribution in [0.15, 0.2) is 42.5 Å². The van der Waals surface area contributed by atoms with E-state index in [2.05, 4.69) is 0 Å². The number of hydrogen-bond acceptors (Lipinski definition) is 2. The first kappa shape index (κ1) is 12.5. The summed E-state index contributed by atoms with van der Waals surface area (Å²) in [6, 6.07) is 10.6. The average molecular weight is 249 g/mol. The molecule has 2 aromatic rings. The Morgan fingerprint density at radius 2 is 1.72 bits per heavy atom. The van der Waals surface area contributed by atoms with Crippen molar-refractivity contribution >= 4 is 0 Å². The maximum absolute atomic E-state index is 13.3. The Morgan fingerprint density at radius 1 is 1.00 bits per heavy atom. The summed E-state index contributed by atoms with van der Waals surface area (Å²) in [6.45, 7) is 0.541. The van der Waals surface area contributed by atoms with Gasteiger partial charge in [0.1, 0.15) is 12.4 Å². The van der Waals surface area contributed by atoms with Gasteiger partial charge in [0.15, 0.2) is 11.6 Å². The van der Waals surface area contributed by atoms with Gasteiger partial charge in [0.25, 0.3) is 0 Å². The fourth-order valence-corrected chi connectivity index (χ4v) is 1.64. The van der Waals surface area contributed by atoms with Crippen LogP contribution in [0.1, 0.15) is 11.1 Å². The van der Waals surface area contributed by atoms with Crippen molar-refractivity contribution in [3.8, 4) is 5.75 Å². The van der Waals surface area contributed by atoms with Crippen molar-refractivity contribution in [2.45, 2.75) is 13.2 Å². The summed E-state index contributed by atoms with van der Waals surface area (Å²) in [6.07, 6.45) is 0. The van der Waals surface area contributed by atoms with E-state index in [1.54, 1.807) is 0 Å². The molecule has 0 radical (unpaired) electrons. The molecule has 4 heteroatoms. The molecule has 0 aliphatic heterocycles. The van der Waals surface area contributed by atoms with E-state index < -0.39 is 11.6 Å². The van der Waals surface area contributed by atoms with E-state index in [4.69, 9.17) is 10.5 Å². The summed E-state index contributed by atoms with van der Waals surface area (Å²) in [5, 5.41) is 0. The third-order valence-corrected chi connectivity index (χ3v) is 2.61. The first-order valence-electron chi connectivity index (χ1n) is 5.55. The molecule has 0 bridgehead atoms. The van der Waals surface area contributed by atoms with E-state index in [9.17, 15) is 8.78 Å². The fraction of sp³-hybridized carbons (Fsp3) is 0.143. The largest absolute Gasteiger partial charge is 0.486 e. The van der Waals surface area contributed by atoms with E-state index in [0.717, 1.165) is 29.3 Å². The predicted molar refractivity (Wildman–Crippen MR) is 65.0 cm³/mol. The molecule has 0 amide bonds. The normalized spacial score (nSPS) is 10.4. The van der Waals surface area contributed by atoms with Crippen LogP contribution in [0, 0.1) is 11.6 Å². The summed E-state index contributed by atoms with van der Waals surface area (Å²) in [7, 11) is 0. The lowest BCUT2D eigenvalue weighted by molar-refractivity contribution is 0.287. The number of nitrogens with two attached hydrogens (primary N) is 1. The van der Waals surface area contributed by atoms with Crippen molar-refractivity contribution in [1.82, 2.24) is 0 Å². The molecule has 2 nitrogen and oxygen atoms in total. The Hall–Kier alpha value is -1.94. The minimum atomic E-state index is -0.582. The molecule has 2 rings (SSSR count). The monoisotopic (exact) mass is 249 g/mol. The highest BCUT2D eigenvalue weighted by atomic mass is 19.1. The van der Waals surface area contributed by atoms with Crippen LogP contribution in [0.25, 0.3) is 0 Å². The SMILES string of the molecule is NCc1ccccc1COc1cc(F)ccc1F. The second-order valence-electron chi connectivity index (χ2n) is 3.84. The van der Waals surface area contributed by atoms with Gasteiger partial charge in [-0.05, 0) is 23.3 Å². The Balaban J connectivity index is 2.14. The van der Waals surface area contributed by atoms with Crippen molar-refractivity contribution in [3.05, 3.63) is 65.2 Å². The molecule has 94 valence electrons. The first-order valence-corrected chi connectivity index (χ1v) is 5.55. The number of rotatable bonds is 4. The van der Waals surface area contributed by atoms with Crippen LogP contribution in [-0.4, -0.2) is 0 Å². The van der Waals surface area contributed by atoms with Gasteiger partial charge in [0.05, 0.1) is 0 Å². The maximum atomic E-state index is 13.3. The Morgan fingerprint density at radius 3 is 2.44 bits per heavy atom. The number of benzene rings is 2. The topological polar surface area (TPSA) is 35.2 Å². The summed E-state index contributed by atoms with van der Waals surface area (Å²) >= 11 is 0. The first-order chi connectivity index (χ1) is 8.70. The molecule has 0 saturated carbocycles. The summed E-state index contributed by atoms with van der Waals surface area (Å²) in [4.78, 5) is 0. The minimum Gasteiger partial charge on any atom is -0.486 e. The Bertz CT molecular complexity index is 543. The zero-order valence-electron chi connectivity index (χ0n) is 9.70. The highest BCUT2D eigenvalue weighted by Gasteiger charge is 2.06. The van der Waals surface area contributed by atoms with Crippen LogP contribution in [0.3, 0.4) is 0 Å². The molecule has 2 aromatic carbocycles. The summed E-state index contributed by atoms with van der Waals surface area (Å²) in [5.41, 5.74) is 7.37. The molecular formula is C14H13F2NO. The second kappa shape index (κ2) is 5.60. The molecule has 0 heterocycles. The molecule has 0 atom stereocenters. The summed E-state index contributed by atoms with van der Waals surface area (Å²) in [5.74, 6) is -1.21. The van der Waals surface area contributed by atoms with Crippen molar-refractivity contribution < 1.29 is 13.5 Å². The van der Waals surface area contributed by atoms with Gasteiger partial charge >= 0.3 is 0 Å². The van der Waals surface area contributed by atoms with Crippen molar-refractivity contribution in [2.75, 3.05) is 0 Å². The Kier molecular flexibility index (Phi) is 3.89. The van der Waals surface area contributed by atoms with Crippen molar-refractivity contribution in [1.29, 1.82) is 0 Å². The minimum absolute atomic E-state index is 0.0955. The number of ether oxygens (including phenoxy) is 1. The standard InChI is InChI=1S/C14H13F2NO/c15-12-5-6-13(16)14(7-12)18-9-11-4-2-1-3-10(11)8-17/h1-7H,8-9,17H2. The van der Waals surface area contributed by atoms with E-state index in [1.807, 2.05) is 24.3 Å². The van der Waals surface area contributed by atoms with Crippen LogP contribution in [0.2, 0.25) is 0 Å². The van der Waals surface area contributed by atoms with Gasteiger partial charge < -0.3 is 10.5 Å². The van der Waals surface area contributed by atoms with Crippen molar-refractivity contribution in [3.63, 3.8) is 0 Å². The zero-order chi connectivity index (χ0) is 13.0. The van der Waals surface area contributed by atoms with Gasteiger partial charge in [0.2, 0.25) is 0 Å². The lowest BCUT2D eigenvalue weighted by Crippen LogP contribution is -2.05. The molecule has 0 spiro atoms. The predicted octanol–water partition coefficient (Wildman–Crippen LogP) is 3.00. The highest BCUT2D eigenvalue weighted by molar-refractivity contribution is 5.29. The molecule has 0 fully saturated rings. The third-order valence-electron chi connectivity index (χ3n) is 2.61. The molecular weight excluding hydrogens is 236 g/mol. The Labute approximate surface area is 104 Å². The number of hydrogen-bond donors (Lipinski definition) is 1. The maximum Gasteiger partial charge on any atom is 0.165 e. The van der Waals surface area contributed by atoms with Gasteiger partial charge in [-0.3, -0.25) is 0 Å².